The fraction of sp³-hybridized carbons (Fsp3) is 0.619. The van der Waals surface area contributed by atoms with Gasteiger partial charge in [-0.05, 0) is 49.9 Å². The van der Waals surface area contributed by atoms with E-state index in [1.165, 1.54) is 24.3 Å². The molecule has 0 unspecified atom stereocenters. The molecule has 1 N–H and O–H groups in total. The van der Waals surface area contributed by atoms with Crippen molar-refractivity contribution in [1.82, 2.24) is 10.2 Å². The van der Waals surface area contributed by atoms with E-state index < -0.39 is 20.5 Å². The molecule has 0 atom stereocenters. The van der Waals surface area contributed by atoms with Gasteiger partial charge in [0.15, 0.2) is 14.6 Å². The summed E-state index contributed by atoms with van der Waals surface area (Å²) in [7, 11) is -3.84. The highest BCUT2D eigenvalue weighted by atomic mass is 35.5. The number of amides is 2. The molecule has 1 aromatic rings. The number of piperidine rings is 1. The molecule has 2 fully saturated rings. The Balaban J connectivity index is 1.74. The van der Waals surface area contributed by atoms with Crippen molar-refractivity contribution in [3.05, 3.63) is 29.3 Å². The number of nitrogens with zero attached hydrogens (tertiary/aromatic N) is 1. The lowest BCUT2D eigenvalue weighted by atomic mass is 10.0. The summed E-state index contributed by atoms with van der Waals surface area (Å²) in [6.07, 6.45) is 3.36. The monoisotopic (exact) mass is 440 g/mol. The number of hydrogen-bond acceptors (Lipinski definition) is 4. The number of carbonyl (C=O) groups is 2. The van der Waals surface area contributed by atoms with Crippen LogP contribution in [0.5, 0.6) is 0 Å². The summed E-state index contributed by atoms with van der Waals surface area (Å²) >= 11 is 5.90. The molecule has 1 aliphatic heterocycles. The maximum atomic E-state index is 13.4. The van der Waals surface area contributed by atoms with Crippen molar-refractivity contribution in [3.63, 3.8) is 0 Å². The van der Waals surface area contributed by atoms with E-state index in [1.807, 2.05) is 18.7 Å². The molecular weight excluding hydrogens is 412 g/mol. The average Bonchev–Trinajstić information content (AvgIpc) is 3.20. The molecule has 160 valence electrons. The largest absolute Gasteiger partial charge is 0.352 e. The van der Waals surface area contributed by atoms with Crippen molar-refractivity contribution < 1.29 is 18.0 Å². The van der Waals surface area contributed by atoms with Crippen LogP contribution >= 0.6 is 11.6 Å². The van der Waals surface area contributed by atoms with E-state index in [-0.39, 0.29) is 22.8 Å². The van der Waals surface area contributed by atoms with Gasteiger partial charge < -0.3 is 10.2 Å². The van der Waals surface area contributed by atoms with Gasteiger partial charge in [0.05, 0.1) is 4.90 Å². The molecule has 2 aliphatic rings. The van der Waals surface area contributed by atoms with Crippen molar-refractivity contribution >= 4 is 33.3 Å². The summed E-state index contributed by atoms with van der Waals surface area (Å²) in [5, 5.41) is 3.45. The van der Waals surface area contributed by atoms with Crippen LogP contribution in [0.25, 0.3) is 0 Å². The highest BCUT2D eigenvalue weighted by Gasteiger charge is 2.53. The number of benzene rings is 1. The minimum Gasteiger partial charge on any atom is -0.352 e. The second-order valence-corrected chi connectivity index (χ2v) is 11.1. The van der Waals surface area contributed by atoms with Gasteiger partial charge in [-0.25, -0.2) is 8.42 Å². The fourth-order valence-corrected chi connectivity index (χ4v) is 6.53. The van der Waals surface area contributed by atoms with Crippen molar-refractivity contribution in [3.8, 4) is 0 Å². The van der Waals surface area contributed by atoms with E-state index >= 15 is 0 Å². The molecule has 0 aromatic heterocycles. The number of rotatable bonds is 5. The van der Waals surface area contributed by atoms with E-state index in [9.17, 15) is 18.0 Å². The van der Waals surface area contributed by atoms with E-state index in [2.05, 4.69) is 5.32 Å². The SMILES string of the molecule is CC(C)C(=O)N1CCC(NC(=O)C2(S(=O)(=O)c3ccc(Cl)cc3)CCCC2)CC1. The summed E-state index contributed by atoms with van der Waals surface area (Å²) in [4.78, 5) is 27.4. The number of carbonyl (C=O) groups excluding carboxylic acids is 2. The summed E-state index contributed by atoms with van der Waals surface area (Å²) in [5.74, 6) is -0.335. The number of likely N-dealkylation sites (tertiary alicyclic amines) is 1. The summed E-state index contributed by atoms with van der Waals surface area (Å²) in [6, 6.07) is 5.91. The molecule has 0 spiro atoms. The van der Waals surface area contributed by atoms with Crippen molar-refractivity contribution in [2.75, 3.05) is 13.1 Å². The van der Waals surface area contributed by atoms with E-state index in [0.717, 1.165) is 0 Å². The molecule has 1 saturated carbocycles. The Hall–Kier alpha value is -1.60. The Kier molecular flexibility index (Phi) is 6.58. The van der Waals surface area contributed by atoms with Crippen LogP contribution in [0.3, 0.4) is 0 Å². The number of hydrogen-bond donors (Lipinski definition) is 1. The third-order valence-corrected chi connectivity index (χ3v) is 8.87. The predicted octanol–water partition coefficient (Wildman–Crippen LogP) is 3.19. The van der Waals surface area contributed by atoms with Crippen molar-refractivity contribution in [2.24, 2.45) is 5.92 Å². The van der Waals surface area contributed by atoms with Crippen LogP contribution in [0, 0.1) is 5.92 Å². The van der Waals surface area contributed by atoms with E-state index in [0.29, 0.717) is 56.6 Å². The zero-order valence-electron chi connectivity index (χ0n) is 17.0. The molecule has 1 heterocycles. The van der Waals surface area contributed by atoms with Gasteiger partial charge in [-0.2, -0.15) is 0 Å². The average molecular weight is 441 g/mol. The highest BCUT2D eigenvalue weighted by Crippen LogP contribution is 2.41. The fourth-order valence-electron chi connectivity index (χ4n) is 4.33. The molecule has 1 aromatic carbocycles. The molecule has 6 nitrogen and oxygen atoms in total. The Labute approximate surface area is 177 Å². The van der Waals surface area contributed by atoms with Gasteiger partial charge in [0, 0.05) is 30.1 Å². The topological polar surface area (TPSA) is 83.6 Å². The number of sulfone groups is 1. The second-order valence-electron chi connectivity index (χ2n) is 8.39. The first-order valence-electron chi connectivity index (χ1n) is 10.3. The molecule has 0 radical (unpaired) electrons. The molecule has 3 rings (SSSR count). The predicted molar refractivity (Wildman–Crippen MR) is 112 cm³/mol. The van der Waals surface area contributed by atoms with Crippen LogP contribution in [0.2, 0.25) is 5.02 Å². The quantitative estimate of drug-likeness (QED) is 0.762. The van der Waals surface area contributed by atoms with Gasteiger partial charge >= 0.3 is 0 Å². The minimum atomic E-state index is -3.84. The minimum absolute atomic E-state index is 0.0487. The Morgan fingerprint density at radius 1 is 1.10 bits per heavy atom. The zero-order chi connectivity index (χ0) is 21.2. The zero-order valence-corrected chi connectivity index (χ0v) is 18.6. The summed E-state index contributed by atoms with van der Waals surface area (Å²) < 4.78 is 25.4. The first-order valence-corrected chi connectivity index (χ1v) is 12.1. The first kappa shape index (κ1) is 22.1. The van der Waals surface area contributed by atoms with E-state index in [1.54, 1.807) is 0 Å². The molecule has 8 heteroatoms. The van der Waals surface area contributed by atoms with Crippen LogP contribution in [0.4, 0.5) is 0 Å². The van der Waals surface area contributed by atoms with Gasteiger partial charge in [-0.15, -0.1) is 0 Å². The smallest absolute Gasteiger partial charge is 0.242 e. The Morgan fingerprint density at radius 2 is 1.66 bits per heavy atom. The van der Waals surface area contributed by atoms with Crippen LogP contribution in [-0.4, -0.2) is 49.0 Å². The highest BCUT2D eigenvalue weighted by molar-refractivity contribution is 7.93. The Bertz CT molecular complexity index is 853. The van der Waals surface area contributed by atoms with Crippen LogP contribution in [-0.2, 0) is 19.4 Å². The van der Waals surface area contributed by atoms with Crippen molar-refractivity contribution in [2.45, 2.75) is 68.1 Å². The third kappa shape index (κ3) is 4.31. The van der Waals surface area contributed by atoms with Crippen LogP contribution in [0.1, 0.15) is 52.4 Å². The lowest BCUT2D eigenvalue weighted by Gasteiger charge is -2.35. The lowest BCUT2D eigenvalue weighted by Crippen LogP contribution is -2.55. The third-order valence-electron chi connectivity index (χ3n) is 6.10. The standard InChI is InChI=1S/C21H29ClN2O4S/c1-15(2)19(25)24-13-9-17(10-14-24)23-20(26)21(11-3-4-12-21)29(27,28)18-7-5-16(22)6-8-18/h5-8,15,17H,3-4,9-14H2,1-2H3,(H,23,26). The molecule has 1 saturated heterocycles. The normalized spacial score (nSPS) is 20.1. The van der Waals surface area contributed by atoms with Gasteiger partial charge in [-0.1, -0.05) is 38.3 Å². The van der Waals surface area contributed by atoms with Gasteiger partial charge in [0.25, 0.3) is 0 Å². The summed E-state index contributed by atoms with van der Waals surface area (Å²) in [5.41, 5.74) is 0. The number of halogens is 1. The number of nitrogens with one attached hydrogen (secondary N) is 1. The first-order chi connectivity index (χ1) is 13.7. The van der Waals surface area contributed by atoms with E-state index in [4.69, 9.17) is 11.6 Å². The molecule has 2 amide bonds. The van der Waals surface area contributed by atoms with Gasteiger partial charge in [-0.3, -0.25) is 9.59 Å². The van der Waals surface area contributed by atoms with Gasteiger partial charge in [0.1, 0.15) is 0 Å². The van der Waals surface area contributed by atoms with Crippen LogP contribution < -0.4 is 5.32 Å². The molecule has 29 heavy (non-hydrogen) atoms. The van der Waals surface area contributed by atoms with Gasteiger partial charge in [0.2, 0.25) is 11.8 Å². The summed E-state index contributed by atoms with van der Waals surface area (Å²) in [6.45, 7) is 4.92. The molecule has 1 aliphatic carbocycles. The molecule has 0 bridgehead atoms. The Morgan fingerprint density at radius 3 is 2.17 bits per heavy atom. The van der Waals surface area contributed by atoms with Crippen LogP contribution in [0.15, 0.2) is 29.2 Å². The molecular formula is C21H29ClN2O4S. The maximum Gasteiger partial charge on any atom is 0.242 e. The maximum absolute atomic E-state index is 13.4. The lowest BCUT2D eigenvalue weighted by molar-refractivity contribution is -0.135. The second kappa shape index (κ2) is 8.64. The van der Waals surface area contributed by atoms with Crippen molar-refractivity contribution in [1.29, 1.82) is 0 Å².